The molecule has 4 heteroatoms. The van der Waals surface area contributed by atoms with Crippen LogP contribution in [0.5, 0.6) is 11.5 Å². The Labute approximate surface area is 111 Å². The predicted molar refractivity (Wildman–Crippen MR) is 71.8 cm³/mol. The Balaban J connectivity index is 2.05. The maximum atomic E-state index is 13.4. The first kappa shape index (κ1) is 13.4. The molecule has 0 heterocycles. The van der Waals surface area contributed by atoms with Crippen molar-refractivity contribution in [3.05, 3.63) is 59.9 Å². The van der Waals surface area contributed by atoms with E-state index in [1.54, 1.807) is 25.3 Å². The van der Waals surface area contributed by atoms with Crippen LogP contribution in [0.4, 0.5) is 4.39 Å². The fourth-order valence-electron chi connectivity index (χ4n) is 1.80. The third kappa shape index (κ3) is 3.23. The van der Waals surface area contributed by atoms with E-state index >= 15 is 0 Å². The van der Waals surface area contributed by atoms with Gasteiger partial charge >= 0.3 is 0 Å². The molecule has 0 aliphatic heterocycles. The van der Waals surface area contributed by atoms with E-state index < -0.39 is 5.82 Å². The molecule has 0 radical (unpaired) electrons. The van der Waals surface area contributed by atoms with E-state index in [9.17, 15) is 4.39 Å². The number of hydrogen-bond donors (Lipinski definition) is 1. The molecule has 0 bridgehead atoms. The van der Waals surface area contributed by atoms with Crippen LogP contribution < -0.4 is 15.2 Å². The molecule has 0 saturated carbocycles. The monoisotopic (exact) mass is 261 g/mol. The molecule has 0 aromatic heterocycles. The van der Waals surface area contributed by atoms with Crippen LogP contribution in [-0.4, -0.2) is 13.7 Å². The molecule has 2 rings (SSSR count). The van der Waals surface area contributed by atoms with Gasteiger partial charge in [0.05, 0.1) is 13.2 Å². The highest BCUT2D eigenvalue weighted by Crippen LogP contribution is 2.24. The Morgan fingerprint density at radius 2 is 1.68 bits per heavy atom. The summed E-state index contributed by atoms with van der Waals surface area (Å²) in [5.41, 5.74) is 6.88. The average Bonchev–Trinajstić information content (AvgIpc) is 2.46. The fraction of sp³-hybridized carbons (Fsp3) is 0.200. The molecule has 3 nitrogen and oxygen atoms in total. The van der Waals surface area contributed by atoms with E-state index in [1.807, 2.05) is 24.3 Å². The minimum Gasteiger partial charge on any atom is -0.496 e. The van der Waals surface area contributed by atoms with Crippen LogP contribution in [0.25, 0.3) is 0 Å². The van der Waals surface area contributed by atoms with Gasteiger partial charge in [0.2, 0.25) is 0 Å². The third-order valence-electron chi connectivity index (χ3n) is 2.79. The standard InChI is InChI=1S/C15H16FNO2/c1-18-14-8-4-2-6-11(14)13(17)10-19-15-9-5-3-7-12(15)16/h2-9,13H,10,17H2,1H3. The first-order valence-corrected chi connectivity index (χ1v) is 5.98. The van der Waals surface area contributed by atoms with Crippen molar-refractivity contribution in [1.82, 2.24) is 0 Å². The summed E-state index contributed by atoms with van der Waals surface area (Å²) in [6.07, 6.45) is 0. The zero-order valence-electron chi connectivity index (χ0n) is 10.7. The summed E-state index contributed by atoms with van der Waals surface area (Å²) in [5.74, 6) is 0.509. The van der Waals surface area contributed by atoms with Gasteiger partial charge in [0.15, 0.2) is 11.6 Å². The number of hydrogen-bond acceptors (Lipinski definition) is 3. The first-order chi connectivity index (χ1) is 9.22. The molecule has 0 fully saturated rings. The van der Waals surface area contributed by atoms with Gasteiger partial charge in [0, 0.05) is 5.56 Å². The molecule has 2 N–H and O–H groups in total. The highest BCUT2D eigenvalue weighted by atomic mass is 19.1. The van der Waals surface area contributed by atoms with Crippen molar-refractivity contribution in [3.8, 4) is 11.5 Å². The van der Waals surface area contributed by atoms with Gasteiger partial charge in [-0.15, -0.1) is 0 Å². The van der Waals surface area contributed by atoms with Crippen molar-refractivity contribution >= 4 is 0 Å². The maximum absolute atomic E-state index is 13.4. The molecular weight excluding hydrogens is 245 g/mol. The molecule has 2 aromatic carbocycles. The Hall–Kier alpha value is -2.07. The fourth-order valence-corrected chi connectivity index (χ4v) is 1.80. The van der Waals surface area contributed by atoms with E-state index in [0.717, 1.165) is 5.56 Å². The van der Waals surface area contributed by atoms with Crippen LogP contribution >= 0.6 is 0 Å². The van der Waals surface area contributed by atoms with Crippen molar-refractivity contribution in [2.75, 3.05) is 13.7 Å². The Morgan fingerprint density at radius 1 is 1.05 bits per heavy atom. The van der Waals surface area contributed by atoms with Gasteiger partial charge in [-0.25, -0.2) is 4.39 Å². The minimum atomic E-state index is -0.394. The van der Waals surface area contributed by atoms with E-state index in [4.69, 9.17) is 15.2 Å². The molecule has 0 aliphatic rings. The largest absolute Gasteiger partial charge is 0.496 e. The summed E-state index contributed by atoms with van der Waals surface area (Å²) in [6.45, 7) is 0.182. The van der Waals surface area contributed by atoms with Crippen molar-refractivity contribution in [3.63, 3.8) is 0 Å². The molecule has 1 atom stereocenters. The number of nitrogens with two attached hydrogens (primary N) is 1. The zero-order valence-corrected chi connectivity index (χ0v) is 10.7. The van der Waals surface area contributed by atoms with Gasteiger partial charge in [0.1, 0.15) is 12.4 Å². The van der Waals surface area contributed by atoms with E-state index in [0.29, 0.717) is 5.75 Å². The summed E-state index contributed by atoms with van der Waals surface area (Å²) >= 11 is 0. The topological polar surface area (TPSA) is 44.5 Å². The van der Waals surface area contributed by atoms with Crippen LogP contribution in [0.3, 0.4) is 0 Å². The van der Waals surface area contributed by atoms with Crippen molar-refractivity contribution in [2.45, 2.75) is 6.04 Å². The van der Waals surface area contributed by atoms with E-state index in [2.05, 4.69) is 0 Å². The lowest BCUT2D eigenvalue weighted by molar-refractivity contribution is 0.274. The molecule has 0 saturated heterocycles. The molecule has 1 unspecified atom stereocenters. The molecule has 100 valence electrons. The molecule has 19 heavy (non-hydrogen) atoms. The zero-order chi connectivity index (χ0) is 13.7. The summed E-state index contributed by atoms with van der Waals surface area (Å²) in [7, 11) is 1.59. The number of methoxy groups -OCH3 is 1. The number of halogens is 1. The third-order valence-corrected chi connectivity index (χ3v) is 2.79. The van der Waals surface area contributed by atoms with Gasteiger partial charge in [0.25, 0.3) is 0 Å². The van der Waals surface area contributed by atoms with Crippen molar-refractivity contribution < 1.29 is 13.9 Å². The van der Waals surface area contributed by atoms with Crippen molar-refractivity contribution in [2.24, 2.45) is 5.73 Å². The van der Waals surface area contributed by atoms with Gasteiger partial charge < -0.3 is 15.2 Å². The van der Waals surface area contributed by atoms with Crippen LogP contribution in [0.2, 0.25) is 0 Å². The molecule has 2 aromatic rings. The Kier molecular flexibility index (Phi) is 4.36. The average molecular weight is 261 g/mol. The molecular formula is C15H16FNO2. The lowest BCUT2D eigenvalue weighted by atomic mass is 10.1. The summed E-state index contributed by atoms with van der Waals surface area (Å²) in [5, 5.41) is 0. The van der Waals surface area contributed by atoms with Crippen LogP contribution in [-0.2, 0) is 0 Å². The van der Waals surface area contributed by atoms with Gasteiger partial charge in [-0.2, -0.15) is 0 Å². The molecule has 0 aliphatic carbocycles. The number of benzene rings is 2. The summed E-state index contributed by atoms with van der Waals surface area (Å²) in [4.78, 5) is 0. The summed E-state index contributed by atoms with van der Waals surface area (Å²) in [6, 6.07) is 13.3. The van der Waals surface area contributed by atoms with Gasteiger partial charge in [-0.3, -0.25) is 0 Å². The lowest BCUT2D eigenvalue weighted by Crippen LogP contribution is -2.20. The number of ether oxygens (including phenoxy) is 2. The Morgan fingerprint density at radius 3 is 2.37 bits per heavy atom. The van der Waals surface area contributed by atoms with Crippen LogP contribution in [0.1, 0.15) is 11.6 Å². The summed E-state index contributed by atoms with van der Waals surface area (Å²) < 4.78 is 24.0. The highest BCUT2D eigenvalue weighted by Gasteiger charge is 2.13. The highest BCUT2D eigenvalue weighted by molar-refractivity contribution is 5.36. The van der Waals surface area contributed by atoms with Crippen LogP contribution in [0.15, 0.2) is 48.5 Å². The predicted octanol–water partition coefficient (Wildman–Crippen LogP) is 2.91. The van der Waals surface area contributed by atoms with Gasteiger partial charge in [-0.1, -0.05) is 30.3 Å². The number of para-hydroxylation sites is 2. The maximum Gasteiger partial charge on any atom is 0.165 e. The molecule has 0 spiro atoms. The smallest absolute Gasteiger partial charge is 0.165 e. The second kappa shape index (κ2) is 6.20. The van der Waals surface area contributed by atoms with E-state index in [1.165, 1.54) is 6.07 Å². The number of rotatable bonds is 5. The van der Waals surface area contributed by atoms with E-state index in [-0.39, 0.29) is 18.4 Å². The molecule has 0 amide bonds. The second-order valence-corrected chi connectivity index (χ2v) is 4.09. The van der Waals surface area contributed by atoms with Crippen LogP contribution in [0, 0.1) is 5.82 Å². The normalized spacial score (nSPS) is 11.9. The SMILES string of the molecule is COc1ccccc1C(N)COc1ccccc1F. The first-order valence-electron chi connectivity index (χ1n) is 5.98. The van der Waals surface area contributed by atoms with Gasteiger partial charge in [-0.05, 0) is 18.2 Å². The quantitative estimate of drug-likeness (QED) is 0.900. The Bertz CT molecular complexity index is 545. The second-order valence-electron chi connectivity index (χ2n) is 4.09. The van der Waals surface area contributed by atoms with Crippen molar-refractivity contribution in [1.29, 1.82) is 0 Å². The lowest BCUT2D eigenvalue weighted by Gasteiger charge is -2.16. The minimum absolute atomic E-state index is 0.182.